The maximum Gasteiger partial charge on any atom is 0.161 e. The zero-order valence-corrected chi connectivity index (χ0v) is 12.1. The predicted molar refractivity (Wildman–Crippen MR) is 76.8 cm³/mol. The molecule has 1 rings (SSSR count). The largest absolute Gasteiger partial charge is 0.493 e. The summed E-state index contributed by atoms with van der Waals surface area (Å²) in [5.74, 6) is 1.53. The lowest BCUT2D eigenvalue weighted by molar-refractivity contribution is 0.193. The second-order valence-corrected chi connectivity index (χ2v) is 5.27. The SMILES string of the molecule is COc1cc(C)ccc1OCCCCC(C)(N)CO. The molecule has 4 heteroatoms. The van der Waals surface area contributed by atoms with Crippen LogP contribution in [-0.2, 0) is 0 Å². The number of rotatable bonds is 8. The van der Waals surface area contributed by atoms with Crippen molar-refractivity contribution in [3.8, 4) is 11.5 Å². The fraction of sp³-hybridized carbons (Fsp3) is 0.600. The van der Waals surface area contributed by atoms with Crippen LogP contribution in [0.2, 0.25) is 0 Å². The van der Waals surface area contributed by atoms with Gasteiger partial charge in [0, 0.05) is 5.54 Å². The van der Waals surface area contributed by atoms with E-state index in [1.54, 1.807) is 7.11 Å². The summed E-state index contributed by atoms with van der Waals surface area (Å²) < 4.78 is 11.0. The number of nitrogens with two attached hydrogens (primary N) is 1. The molecule has 0 aliphatic carbocycles. The summed E-state index contributed by atoms with van der Waals surface area (Å²) in [5, 5.41) is 9.05. The first kappa shape index (κ1) is 15.8. The zero-order valence-electron chi connectivity index (χ0n) is 12.1. The van der Waals surface area contributed by atoms with Crippen LogP contribution in [0.1, 0.15) is 31.7 Å². The average Bonchev–Trinajstić information content (AvgIpc) is 2.39. The van der Waals surface area contributed by atoms with Crippen LogP contribution in [0.25, 0.3) is 0 Å². The quantitative estimate of drug-likeness (QED) is 0.709. The Morgan fingerprint density at radius 2 is 2.00 bits per heavy atom. The number of benzene rings is 1. The molecule has 0 saturated carbocycles. The van der Waals surface area contributed by atoms with Crippen molar-refractivity contribution >= 4 is 0 Å². The minimum Gasteiger partial charge on any atom is -0.493 e. The normalized spacial score (nSPS) is 13.9. The highest BCUT2D eigenvalue weighted by atomic mass is 16.5. The molecule has 0 fully saturated rings. The molecular weight excluding hydrogens is 242 g/mol. The van der Waals surface area contributed by atoms with Gasteiger partial charge in [-0.3, -0.25) is 0 Å². The Morgan fingerprint density at radius 3 is 2.63 bits per heavy atom. The summed E-state index contributed by atoms with van der Waals surface area (Å²) in [7, 11) is 1.64. The summed E-state index contributed by atoms with van der Waals surface area (Å²) in [6.45, 7) is 4.51. The molecule has 0 heterocycles. The molecular formula is C15H25NO3. The number of hydrogen-bond donors (Lipinski definition) is 2. The number of aliphatic hydroxyl groups is 1. The maximum absolute atomic E-state index is 9.05. The number of aliphatic hydroxyl groups excluding tert-OH is 1. The fourth-order valence-electron chi connectivity index (χ4n) is 1.79. The van der Waals surface area contributed by atoms with E-state index < -0.39 is 5.54 Å². The van der Waals surface area contributed by atoms with Crippen molar-refractivity contribution in [3.63, 3.8) is 0 Å². The third-order valence-electron chi connectivity index (χ3n) is 3.08. The van der Waals surface area contributed by atoms with Gasteiger partial charge in [0.1, 0.15) is 0 Å². The first-order valence-corrected chi connectivity index (χ1v) is 6.66. The molecule has 1 unspecified atom stereocenters. The van der Waals surface area contributed by atoms with Crippen LogP contribution in [0, 0.1) is 6.92 Å². The minimum atomic E-state index is -0.485. The molecule has 0 aliphatic rings. The van der Waals surface area contributed by atoms with Gasteiger partial charge in [0.15, 0.2) is 11.5 Å². The molecule has 0 bridgehead atoms. The predicted octanol–water partition coefficient (Wildman–Crippen LogP) is 2.26. The maximum atomic E-state index is 9.05. The Balaban J connectivity index is 2.34. The third-order valence-corrected chi connectivity index (χ3v) is 3.08. The van der Waals surface area contributed by atoms with E-state index >= 15 is 0 Å². The minimum absolute atomic E-state index is 0.0135. The summed E-state index contributed by atoms with van der Waals surface area (Å²) in [6, 6.07) is 5.88. The van der Waals surface area contributed by atoms with Crippen molar-refractivity contribution in [1.29, 1.82) is 0 Å². The van der Waals surface area contributed by atoms with Gasteiger partial charge in [-0.25, -0.2) is 0 Å². The monoisotopic (exact) mass is 267 g/mol. The Labute approximate surface area is 115 Å². The van der Waals surface area contributed by atoms with Gasteiger partial charge in [-0.1, -0.05) is 6.07 Å². The van der Waals surface area contributed by atoms with Gasteiger partial charge < -0.3 is 20.3 Å². The third kappa shape index (κ3) is 5.49. The van der Waals surface area contributed by atoms with Gasteiger partial charge in [-0.15, -0.1) is 0 Å². The molecule has 0 spiro atoms. The molecule has 0 saturated heterocycles. The molecule has 0 aliphatic heterocycles. The second-order valence-electron chi connectivity index (χ2n) is 5.27. The summed E-state index contributed by atoms with van der Waals surface area (Å²) in [6.07, 6.45) is 2.63. The van der Waals surface area contributed by atoms with Crippen molar-refractivity contribution in [1.82, 2.24) is 0 Å². The molecule has 108 valence electrons. The van der Waals surface area contributed by atoms with Crippen molar-refractivity contribution < 1.29 is 14.6 Å². The topological polar surface area (TPSA) is 64.7 Å². The van der Waals surface area contributed by atoms with E-state index in [2.05, 4.69) is 0 Å². The zero-order chi connectivity index (χ0) is 14.3. The smallest absolute Gasteiger partial charge is 0.161 e. The molecule has 0 aromatic heterocycles. The molecule has 1 aromatic rings. The van der Waals surface area contributed by atoms with Crippen LogP contribution < -0.4 is 15.2 Å². The number of aryl methyl sites for hydroxylation is 1. The first-order valence-electron chi connectivity index (χ1n) is 6.66. The summed E-state index contributed by atoms with van der Waals surface area (Å²) >= 11 is 0. The Hall–Kier alpha value is -1.26. The Bertz CT molecular complexity index is 391. The van der Waals surface area contributed by atoms with Crippen LogP contribution >= 0.6 is 0 Å². The van der Waals surface area contributed by atoms with Gasteiger partial charge in [0.2, 0.25) is 0 Å². The average molecular weight is 267 g/mol. The van der Waals surface area contributed by atoms with Crippen LogP contribution in [0.5, 0.6) is 11.5 Å². The summed E-state index contributed by atoms with van der Waals surface area (Å²) in [4.78, 5) is 0. The van der Waals surface area contributed by atoms with Gasteiger partial charge >= 0.3 is 0 Å². The van der Waals surface area contributed by atoms with Crippen LogP contribution in [-0.4, -0.2) is 31.0 Å². The van der Waals surface area contributed by atoms with E-state index in [1.165, 1.54) is 0 Å². The van der Waals surface area contributed by atoms with Gasteiger partial charge in [-0.2, -0.15) is 0 Å². The first-order chi connectivity index (χ1) is 8.98. The Morgan fingerprint density at radius 1 is 1.26 bits per heavy atom. The van der Waals surface area contributed by atoms with E-state index in [0.717, 1.165) is 36.3 Å². The molecule has 19 heavy (non-hydrogen) atoms. The molecule has 1 aromatic carbocycles. The van der Waals surface area contributed by atoms with Crippen molar-refractivity contribution in [3.05, 3.63) is 23.8 Å². The van der Waals surface area contributed by atoms with Crippen LogP contribution in [0.15, 0.2) is 18.2 Å². The highest BCUT2D eigenvalue weighted by Gasteiger charge is 2.15. The van der Waals surface area contributed by atoms with Gasteiger partial charge in [0.25, 0.3) is 0 Å². The van der Waals surface area contributed by atoms with Crippen LogP contribution in [0.4, 0.5) is 0 Å². The van der Waals surface area contributed by atoms with E-state index in [-0.39, 0.29) is 6.61 Å². The number of unbranched alkanes of at least 4 members (excludes halogenated alkanes) is 1. The molecule has 0 amide bonds. The van der Waals surface area contributed by atoms with Crippen LogP contribution in [0.3, 0.4) is 0 Å². The lowest BCUT2D eigenvalue weighted by atomic mass is 9.97. The van der Waals surface area contributed by atoms with Crippen molar-refractivity contribution in [2.45, 2.75) is 38.6 Å². The molecule has 4 nitrogen and oxygen atoms in total. The highest BCUT2D eigenvalue weighted by Crippen LogP contribution is 2.27. The van der Waals surface area contributed by atoms with Gasteiger partial charge in [0.05, 0.1) is 20.3 Å². The van der Waals surface area contributed by atoms with E-state index in [0.29, 0.717) is 6.61 Å². The lowest BCUT2D eigenvalue weighted by Crippen LogP contribution is -2.39. The van der Waals surface area contributed by atoms with Gasteiger partial charge in [-0.05, 0) is 50.8 Å². The second kappa shape index (κ2) is 7.36. The van der Waals surface area contributed by atoms with E-state index in [1.807, 2.05) is 32.0 Å². The Kier molecular flexibility index (Phi) is 6.12. The fourth-order valence-corrected chi connectivity index (χ4v) is 1.79. The number of methoxy groups -OCH3 is 1. The molecule has 3 N–H and O–H groups in total. The molecule has 1 atom stereocenters. The number of hydrogen-bond acceptors (Lipinski definition) is 4. The summed E-state index contributed by atoms with van der Waals surface area (Å²) in [5.41, 5.74) is 6.52. The van der Waals surface area contributed by atoms with E-state index in [4.69, 9.17) is 20.3 Å². The lowest BCUT2D eigenvalue weighted by Gasteiger charge is -2.21. The molecule has 0 radical (unpaired) electrons. The van der Waals surface area contributed by atoms with E-state index in [9.17, 15) is 0 Å². The van der Waals surface area contributed by atoms with Crippen molar-refractivity contribution in [2.24, 2.45) is 5.73 Å². The standard InChI is InChI=1S/C15H25NO3/c1-12-6-7-13(14(10-12)18-3)19-9-5-4-8-15(2,16)11-17/h6-7,10,17H,4-5,8-9,11,16H2,1-3H3. The highest BCUT2D eigenvalue weighted by molar-refractivity contribution is 5.42. The van der Waals surface area contributed by atoms with Crippen molar-refractivity contribution in [2.75, 3.05) is 20.3 Å². The number of ether oxygens (including phenoxy) is 2.